The van der Waals surface area contributed by atoms with Gasteiger partial charge in [-0.1, -0.05) is 20.8 Å². The molecule has 1 N–H and O–H groups in total. The fourth-order valence-electron chi connectivity index (χ4n) is 2.58. The number of hydrogen-bond donors (Lipinski definition) is 1. The zero-order valence-electron chi connectivity index (χ0n) is 15.4. The largest absolute Gasteiger partial charge is 0.391 e. The quantitative estimate of drug-likeness (QED) is 0.404. The van der Waals surface area contributed by atoms with Crippen molar-refractivity contribution in [3.63, 3.8) is 0 Å². The Kier molecular flexibility index (Phi) is 5.84. The van der Waals surface area contributed by atoms with Crippen molar-refractivity contribution in [2.45, 2.75) is 77.2 Å². The first-order valence-electron chi connectivity index (χ1n) is 8.50. The van der Waals surface area contributed by atoms with Gasteiger partial charge >= 0.3 is 7.60 Å². The Hall–Kier alpha value is 0.247. The standard InChI is InChI=1S/C15H32NO5PSi/c1-8-18-22(17,19-9-2)10-11-12-13(16-12)14(20-11)21-23(6,7)15(3,4)5/h11-14,16H,8-10H2,1-7H3/t11-,12+,13+,14+/m1/s1. The molecule has 2 aliphatic heterocycles. The lowest BCUT2D eigenvalue weighted by Crippen LogP contribution is -2.46. The molecule has 2 aliphatic rings. The molecule has 23 heavy (non-hydrogen) atoms. The molecule has 4 atom stereocenters. The summed E-state index contributed by atoms with van der Waals surface area (Å²) < 4.78 is 35.9. The van der Waals surface area contributed by atoms with Crippen LogP contribution in [0, 0.1) is 0 Å². The Bertz CT molecular complexity index is 457. The Morgan fingerprint density at radius 2 is 1.70 bits per heavy atom. The summed E-state index contributed by atoms with van der Waals surface area (Å²) in [7, 11) is -5.00. The molecule has 2 saturated heterocycles. The molecule has 0 amide bonds. The van der Waals surface area contributed by atoms with E-state index in [1.807, 2.05) is 13.8 Å². The average molecular weight is 365 g/mol. The summed E-state index contributed by atoms with van der Waals surface area (Å²) >= 11 is 0. The predicted octanol–water partition coefficient (Wildman–Crippen LogP) is 3.34. The van der Waals surface area contributed by atoms with Gasteiger partial charge in [0.1, 0.15) is 0 Å². The van der Waals surface area contributed by atoms with Crippen LogP contribution in [0.1, 0.15) is 34.6 Å². The minimum absolute atomic E-state index is 0.130. The second-order valence-corrected chi connectivity index (χ2v) is 14.6. The van der Waals surface area contributed by atoms with Crippen molar-refractivity contribution >= 4 is 15.9 Å². The predicted molar refractivity (Wildman–Crippen MR) is 93.4 cm³/mol. The molecule has 2 heterocycles. The summed E-state index contributed by atoms with van der Waals surface area (Å²) in [5.41, 5.74) is 0. The minimum atomic E-state index is -3.10. The van der Waals surface area contributed by atoms with E-state index >= 15 is 0 Å². The molecule has 136 valence electrons. The van der Waals surface area contributed by atoms with E-state index in [0.29, 0.717) is 13.2 Å². The number of fused-ring (bicyclic) bond motifs is 1. The van der Waals surface area contributed by atoms with E-state index in [-0.39, 0.29) is 35.7 Å². The third kappa shape index (κ3) is 4.45. The molecule has 8 heteroatoms. The molecule has 0 saturated carbocycles. The molecule has 0 bridgehead atoms. The molecule has 2 rings (SSSR count). The number of ether oxygens (including phenoxy) is 1. The first-order valence-corrected chi connectivity index (χ1v) is 13.1. The van der Waals surface area contributed by atoms with Crippen molar-refractivity contribution in [3.8, 4) is 0 Å². The molecule has 0 aromatic carbocycles. The maximum Gasteiger partial charge on any atom is 0.333 e. The van der Waals surface area contributed by atoms with Gasteiger partial charge in [-0.3, -0.25) is 4.57 Å². The normalized spacial score (nSPS) is 31.3. The van der Waals surface area contributed by atoms with Crippen LogP contribution in [0.3, 0.4) is 0 Å². The molecule has 6 nitrogen and oxygen atoms in total. The minimum Gasteiger partial charge on any atom is -0.391 e. The molecule has 0 aromatic rings. The fourth-order valence-corrected chi connectivity index (χ4v) is 5.54. The topological polar surface area (TPSA) is 75.9 Å². The van der Waals surface area contributed by atoms with Gasteiger partial charge in [0.15, 0.2) is 14.6 Å². The van der Waals surface area contributed by atoms with Crippen molar-refractivity contribution in [2.24, 2.45) is 0 Å². The summed E-state index contributed by atoms with van der Waals surface area (Å²) in [4.78, 5) is 0. The summed E-state index contributed by atoms with van der Waals surface area (Å²) in [6.45, 7) is 15.4. The lowest BCUT2D eigenvalue weighted by Gasteiger charge is -2.38. The monoisotopic (exact) mass is 365 g/mol. The molecule has 0 aromatic heterocycles. The van der Waals surface area contributed by atoms with E-state index in [1.54, 1.807) is 0 Å². The van der Waals surface area contributed by atoms with E-state index in [9.17, 15) is 4.57 Å². The molecule has 0 aliphatic carbocycles. The van der Waals surface area contributed by atoms with E-state index in [2.05, 4.69) is 39.2 Å². The Morgan fingerprint density at radius 3 is 2.17 bits per heavy atom. The van der Waals surface area contributed by atoms with Crippen LogP contribution >= 0.6 is 7.60 Å². The fraction of sp³-hybridized carbons (Fsp3) is 1.00. The van der Waals surface area contributed by atoms with E-state index in [4.69, 9.17) is 18.2 Å². The molecular formula is C15H32NO5PSi. The van der Waals surface area contributed by atoms with Crippen LogP contribution < -0.4 is 5.32 Å². The van der Waals surface area contributed by atoms with Crippen molar-refractivity contribution in [1.29, 1.82) is 0 Å². The zero-order valence-corrected chi connectivity index (χ0v) is 17.3. The van der Waals surface area contributed by atoms with Gasteiger partial charge in [-0.15, -0.1) is 0 Å². The third-order valence-corrected chi connectivity index (χ3v) is 11.5. The Morgan fingerprint density at radius 1 is 1.13 bits per heavy atom. The van der Waals surface area contributed by atoms with Crippen LogP contribution in [0.4, 0.5) is 0 Å². The van der Waals surface area contributed by atoms with E-state index in [0.717, 1.165) is 0 Å². The van der Waals surface area contributed by atoms with Crippen molar-refractivity contribution in [3.05, 3.63) is 0 Å². The Balaban J connectivity index is 1.98. The summed E-state index contributed by atoms with van der Waals surface area (Å²) in [5.74, 6) is 0. The van der Waals surface area contributed by atoms with Gasteiger partial charge in [0.25, 0.3) is 0 Å². The van der Waals surface area contributed by atoms with Crippen LogP contribution in [-0.2, 0) is 22.8 Å². The maximum absolute atomic E-state index is 12.7. The van der Waals surface area contributed by atoms with Gasteiger partial charge in [-0.2, -0.15) is 0 Å². The lowest BCUT2D eigenvalue weighted by molar-refractivity contribution is -0.0917. The smallest absolute Gasteiger partial charge is 0.333 e. The van der Waals surface area contributed by atoms with Gasteiger partial charge in [-0.05, 0) is 32.0 Å². The molecular weight excluding hydrogens is 333 g/mol. The first kappa shape index (κ1) is 19.6. The van der Waals surface area contributed by atoms with E-state index in [1.165, 1.54) is 0 Å². The SMILES string of the molecule is CCOP(=O)(C[C@H]1O[C@@H](O[Si](C)(C)C(C)(C)C)[C@H]2N[C@H]21)OCC. The van der Waals surface area contributed by atoms with Crippen LogP contribution in [0.25, 0.3) is 0 Å². The van der Waals surface area contributed by atoms with Crippen molar-refractivity contribution in [2.75, 3.05) is 19.4 Å². The van der Waals surface area contributed by atoms with Gasteiger partial charge in [0.2, 0.25) is 0 Å². The van der Waals surface area contributed by atoms with Crippen molar-refractivity contribution in [1.82, 2.24) is 5.32 Å². The van der Waals surface area contributed by atoms with Crippen molar-refractivity contribution < 1.29 is 22.8 Å². The van der Waals surface area contributed by atoms with Gasteiger partial charge in [0.05, 0.1) is 37.6 Å². The summed E-state index contributed by atoms with van der Waals surface area (Å²) in [6, 6.07) is 0.393. The van der Waals surface area contributed by atoms with Crippen LogP contribution in [-0.4, -0.2) is 52.2 Å². The number of rotatable bonds is 8. The maximum atomic E-state index is 12.7. The van der Waals surface area contributed by atoms with Crippen LogP contribution in [0.5, 0.6) is 0 Å². The average Bonchev–Trinajstić information content (AvgIpc) is 3.10. The highest BCUT2D eigenvalue weighted by molar-refractivity contribution is 7.53. The highest BCUT2D eigenvalue weighted by Crippen LogP contribution is 2.52. The molecule has 0 spiro atoms. The second-order valence-electron chi connectivity index (χ2n) is 7.77. The molecule has 0 radical (unpaired) electrons. The highest BCUT2D eigenvalue weighted by Gasteiger charge is 2.59. The number of hydrogen-bond acceptors (Lipinski definition) is 6. The number of morpholine rings is 1. The van der Waals surface area contributed by atoms with Gasteiger partial charge in [0, 0.05) is 0 Å². The summed E-state index contributed by atoms with van der Waals surface area (Å²) in [6.07, 6.45) is -0.165. The first-order chi connectivity index (χ1) is 10.5. The molecule has 0 unspecified atom stereocenters. The zero-order chi connectivity index (χ0) is 17.5. The van der Waals surface area contributed by atoms with Gasteiger partial charge in [-0.25, -0.2) is 0 Å². The Labute approximate surface area is 141 Å². The lowest BCUT2D eigenvalue weighted by atomic mass is 10.2. The summed E-state index contributed by atoms with van der Waals surface area (Å²) in [5, 5.41) is 3.52. The second kappa shape index (κ2) is 6.87. The van der Waals surface area contributed by atoms with Gasteiger partial charge < -0.3 is 23.5 Å². The molecule has 2 fully saturated rings. The number of nitrogens with one attached hydrogen (secondary N) is 1. The highest BCUT2D eigenvalue weighted by atomic mass is 31.2. The third-order valence-electron chi connectivity index (χ3n) is 4.94. The van der Waals surface area contributed by atoms with E-state index < -0.39 is 15.9 Å². The van der Waals surface area contributed by atoms with Crippen LogP contribution in [0.2, 0.25) is 18.1 Å². The van der Waals surface area contributed by atoms with Crippen LogP contribution in [0.15, 0.2) is 0 Å².